The number of methoxy groups -OCH3 is 1. The van der Waals surface area contributed by atoms with E-state index < -0.39 is 16.0 Å². The minimum absolute atomic E-state index is 0.0973. The second-order valence-electron chi connectivity index (χ2n) is 4.11. The molecule has 0 unspecified atom stereocenters. The van der Waals surface area contributed by atoms with E-state index in [0.717, 1.165) is 12.3 Å². The summed E-state index contributed by atoms with van der Waals surface area (Å²) < 4.78 is 44.4. The third kappa shape index (κ3) is 3.05. The van der Waals surface area contributed by atoms with E-state index in [1.165, 1.54) is 25.3 Å². The number of nitrogens with zero attached hydrogens (tertiary/aromatic N) is 1. The number of benzene rings is 1. The Bertz CT molecular complexity index is 715. The van der Waals surface area contributed by atoms with Crippen molar-refractivity contribution in [2.45, 2.75) is 11.8 Å². The normalized spacial score (nSPS) is 11.2. The summed E-state index contributed by atoms with van der Waals surface area (Å²) in [6.45, 7) is 1.75. The highest BCUT2D eigenvalue weighted by molar-refractivity contribution is 7.92. The van der Waals surface area contributed by atoms with Crippen LogP contribution in [0.1, 0.15) is 5.56 Å². The maximum Gasteiger partial charge on any atom is 0.261 e. The summed E-state index contributed by atoms with van der Waals surface area (Å²) in [4.78, 5) is 3.49. The van der Waals surface area contributed by atoms with Crippen LogP contribution in [0.5, 0.6) is 5.75 Å². The highest BCUT2D eigenvalue weighted by Gasteiger charge is 2.15. The molecule has 1 N–H and O–H groups in total. The van der Waals surface area contributed by atoms with Crippen LogP contribution in [0.4, 0.5) is 10.1 Å². The molecule has 0 spiro atoms. The molecule has 0 fully saturated rings. The summed E-state index contributed by atoms with van der Waals surface area (Å²) >= 11 is 0. The second-order valence-corrected chi connectivity index (χ2v) is 5.79. The molecule has 0 aliphatic rings. The molecule has 0 saturated heterocycles. The first-order chi connectivity index (χ1) is 9.42. The lowest BCUT2D eigenvalue weighted by Gasteiger charge is -2.10. The average Bonchev–Trinajstić information content (AvgIpc) is 2.41. The van der Waals surface area contributed by atoms with Gasteiger partial charge in [0.05, 0.1) is 23.9 Å². The standard InChI is InChI=1S/C13H13FN2O3S/c1-9-7-11(4-5-12(9)19-2)20(17,18)16-10-3-6-13(14)15-8-10/h3-8,16H,1-2H3. The van der Waals surface area contributed by atoms with Crippen molar-refractivity contribution in [1.82, 2.24) is 4.98 Å². The van der Waals surface area contributed by atoms with Crippen LogP contribution in [0.3, 0.4) is 0 Å². The average molecular weight is 296 g/mol. The Hall–Kier alpha value is -2.15. The highest BCUT2D eigenvalue weighted by atomic mass is 32.2. The van der Waals surface area contributed by atoms with E-state index in [1.54, 1.807) is 13.0 Å². The first kappa shape index (κ1) is 14.3. The van der Waals surface area contributed by atoms with Crippen molar-refractivity contribution in [3.8, 4) is 5.75 Å². The lowest BCUT2D eigenvalue weighted by molar-refractivity contribution is 0.411. The van der Waals surface area contributed by atoms with E-state index in [-0.39, 0.29) is 10.6 Å². The molecule has 2 aromatic rings. The largest absolute Gasteiger partial charge is 0.496 e. The van der Waals surface area contributed by atoms with Crippen molar-refractivity contribution in [3.63, 3.8) is 0 Å². The lowest BCUT2D eigenvalue weighted by atomic mass is 10.2. The number of nitrogens with one attached hydrogen (secondary N) is 1. The quantitative estimate of drug-likeness (QED) is 0.879. The van der Waals surface area contributed by atoms with Crippen molar-refractivity contribution >= 4 is 15.7 Å². The summed E-state index contributed by atoms with van der Waals surface area (Å²) in [6.07, 6.45) is 1.11. The Labute approximate surface area is 116 Å². The molecule has 0 atom stereocenters. The van der Waals surface area contributed by atoms with Crippen LogP contribution in [0.25, 0.3) is 0 Å². The summed E-state index contributed by atoms with van der Waals surface area (Å²) in [5, 5.41) is 0. The maximum absolute atomic E-state index is 12.7. The van der Waals surface area contributed by atoms with Crippen LogP contribution in [0.15, 0.2) is 41.4 Å². The van der Waals surface area contributed by atoms with Crippen LogP contribution < -0.4 is 9.46 Å². The fourth-order valence-corrected chi connectivity index (χ4v) is 2.80. The molecule has 0 amide bonds. The van der Waals surface area contributed by atoms with Gasteiger partial charge in [0, 0.05) is 0 Å². The zero-order valence-corrected chi connectivity index (χ0v) is 11.7. The van der Waals surface area contributed by atoms with E-state index >= 15 is 0 Å². The molecule has 0 saturated carbocycles. The number of rotatable bonds is 4. The van der Waals surface area contributed by atoms with Gasteiger partial charge >= 0.3 is 0 Å². The maximum atomic E-state index is 12.7. The van der Waals surface area contributed by atoms with Gasteiger partial charge < -0.3 is 4.74 Å². The number of pyridine rings is 1. The molecule has 5 nitrogen and oxygen atoms in total. The van der Waals surface area contributed by atoms with Crippen LogP contribution in [0.2, 0.25) is 0 Å². The van der Waals surface area contributed by atoms with Gasteiger partial charge in [0.25, 0.3) is 10.0 Å². The summed E-state index contributed by atoms with van der Waals surface area (Å²) in [5.74, 6) is -0.0689. The van der Waals surface area contributed by atoms with Gasteiger partial charge in [0.15, 0.2) is 0 Å². The molecule has 1 heterocycles. The SMILES string of the molecule is COc1ccc(S(=O)(=O)Nc2ccc(F)nc2)cc1C. The third-order valence-electron chi connectivity index (χ3n) is 2.66. The fraction of sp³-hybridized carbons (Fsp3) is 0.154. The molecule has 1 aromatic heterocycles. The first-order valence-electron chi connectivity index (χ1n) is 5.71. The van der Waals surface area contributed by atoms with Gasteiger partial charge in [0.2, 0.25) is 5.95 Å². The van der Waals surface area contributed by atoms with Crippen LogP contribution in [0, 0.1) is 12.9 Å². The molecule has 20 heavy (non-hydrogen) atoms. The summed E-state index contributed by atoms with van der Waals surface area (Å²) in [6, 6.07) is 6.89. The number of halogens is 1. The Balaban J connectivity index is 2.30. The zero-order valence-electron chi connectivity index (χ0n) is 10.9. The van der Waals surface area contributed by atoms with E-state index in [1.807, 2.05) is 0 Å². The Morgan fingerprint density at radius 2 is 2.00 bits per heavy atom. The van der Waals surface area contributed by atoms with Gasteiger partial charge in [-0.1, -0.05) is 0 Å². The van der Waals surface area contributed by atoms with E-state index in [2.05, 4.69) is 9.71 Å². The van der Waals surface area contributed by atoms with Gasteiger partial charge in [-0.25, -0.2) is 13.4 Å². The first-order valence-corrected chi connectivity index (χ1v) is 7.20. The molecule has 0 bridgehead atoms. The van der Waals surface area contributed by atoms with Crippen molar-refractivity contribution in [2.75, 3.05) is 11.8 Å². The van der Waals surface area contributed by atoms with Crippen LogP contribution in [-0.2, 0) is 10.0 Å². The highest BCUT2D eigenvalue weighted by Crippen LogP contribution is 2.22. The number of sulfonamides is 1. The smallest absolute Gasteiger partial charge is 0.261 e. The molecule has 106 valence electrons. The minimum atomic E-state index is -3.74. The lowest BCUT2D eigenvalue weighted by Crippen LogP contribution is -2.13. The zero-order chi connectivity index (χ0) is 14.8. The predicted molar refractivity (Wildman–Crippen MR) is 72.7 cm³/mol. The second kappa shape index (κ2) is 5.46. The van der Waals surface area contributed by atoms with Gasteiger partial charge in [-0.3, -0.25) is 4.72 Å². The minimum Gasteiger partial charge on any atom is -0.496 e. The molecular weight excluding hydrogens is 283 g/mol. The number of aromatic nitrogens is 1. The molecule has 0 aliphatic heterocycles. The van der Waals surface area contributed by atoms with Crippen LogP contribution in [-0.4, -0.2) is 20.5 Å². The van der Waals surface area contributed by atoms with E-state index in [9.17, 15) is 12.8 Å². The predicted octanol–water partition coefficient (Wildman–Crippen LogP) is 2.34. The van der Waals surface area contributed by atoms with E-state index in [0.29, 0.717) is 11.3 Å². The third-order valence-corrected chi connectivity index (χ3v) is 4.04. The van der Waals surface area contributed by atoms with Gasteiger partial charge in [-0.05, 0) is 42.8 Å². The number of ether oxygens (including phenoxy) is 1. The number of hydrogen-bond acceptors (Lipinski definition) is 4. The van der Waals surface area contributed by atoms with Crippen molar-refractivity contribution in [3.05, 3.63) is 48.0 Å². The summed E-state index contributed by atoms with van der Waals surface area (Å²) in [5.41, 5.74) is 0.896. The molecular formula is C13H13FN2O3S. The Morgan fingerprint density at radius 1 is 1.25 bits per heavy atom. The van der Waals surface area contributed by atoms with Gasteiger partial charge in [0.1, 0.15) is 5.75 Å². The van der Waals surface area contributed by atoms with Crippen LogP contribution >= 0.6 is 0 Å². The summed E-state index contributed by atoms with van der Waals surface area (Å²) in [7, 11) is -2.23. The molecule has 0 aliphatic carbocycles. The number of aryl methyl sites for hydroxylation is 1. The number of hydrogen-bond donors (Lipinski definition) is 1. The monoisotopic (exact) mass is 296 g/mol. The Kier molecular flexibility index (Phi) is 3.89. The van der Waals surface area contributed by atoms with Crippen molar-refractivity contribution < 1.29 is 17.5 Å². The van der Waals surface area contributed by atoms with Gasteiger partial charge in [-0.15, -0.1) is 0 Å². The van der Waals surface area contributed by atoms with Crippen molar-refractivity contribution in [1.29, 1.82) is 0 Å². The molecule has 2 rings (SSSR count). The molecule has 0 radical (unpaired) electrons. The molecule has 7 heteroatoms. The van der Waals surface area contributed by atoms with E-state index in [4.69, 9.17) is 4.74 Å². The fourth-order valence-electron chi connectivity index (χ4n) is 1.67. The topological polar surface area (TPSA) is 68.3 Å². The van der Waals surface area contributed by atoms with Crippen molar-refractivity contribution in [2.24, 2.45) is 0 Å². The number of anilines is 1. The van der Waals surface area contributed by atoms with Gasteiger partial charge in [-0.2, -0.15) is 4.39 Å². The Morgan fingerprint density at radius 3 is 2.55 bits per heavy atom. The molecule has 1 aromatic carbocycles.